The number of carbonyl (C=O) groups is 2. The summed E-state index contributed by atoms with van der Waals surface area (Å²) < 4.78 is 6.57. The number of hydrogen-bond donors (Lipinski definition) is 0. The molecular weight excluding hydrogens is 478 g/mol. The molecule has 2 aliphatic carbocycles. The zero-order valence-electron chi connectivity index (χ0n) is 16.8. The molecule has 0 radical (unpaired) electrons. The average molecular weight is 496 g/mol. The maximum Gasteiger partial charge on any atom is 0.311 e. The number of rotatable bonds is 6. The smallest absolute Gasteiger partial charge is 0.311 e. The van der Waals surface area contributed by atoms with Gasteiger partial charge in [0.2, 0.25) is 0 Å². The van der Waals surface area contributed by atoms with E-state index in [9.17, 15) is 19.7 Å². The lowest BCUT2D eigenvalue weighted by atomic mass is 9.85. The summed E-state index contributed by atoms with van der Waals surface area (Å²) in [5.74, 6) is -0.929. The predicted molar refractivity (Wildman–Crippen MR) is 119 cm³/mol. The fourth-order valence-electron chi connectivity index (χ4n) is 4.75. The molecule has 1 saturated heterocycles. The number of benzene rings is 2. The number of hydrogen-bond acceptors (Lipinski definition) is 6. The minimum absolute atomic E-state index is 0.102. The maximum atomic E-state index is 12.7. The van der Waals surface area contributed by atoms with Crippen LogP contribution < -0.4 is 4.74 Å². The van der Waals surface area contributed by atoms with Crippen LogP contribution in [0.4, 0.5) is 5.69 Å². The molecule has 0 aromatic heterocycles. The largest absolute Gasteiger partial charge is 0.482 e. The minimum Gasteiger partial charge on any atom is -0.482 e. The maximum absolute atomic E-state index is 12.7. The van der Waals surface area contributed by atoms with E-state index >= 15 is 0 Å². The Labute approximate surface area is 191 Å². The minimum atomic E-state index is -0.534. The van der Waals surface area contributed by atoms with Crippen LogP contribution in [0.3, 0.4) is 0 Å². The summed E-state index contributed by atoms with van der Waals surface area (Å²) in [5, 5.41) is 16.6. The van der Waals surface area contributed by atoms with Gasteiger partial charge in [0.1, 0.15) is 6.61 Å². The van der Waals surface area contributed by atoms with Gasteiger partial charge in [0, 0.05) is 16.1 Å². The topological polar surface area (TPSA) is 102 Å². The Kier molecular flexibility index (Phi) is 5.13. The Balaban J connectivity index is 1.32. The molecular formula is C23H18BrN3O5. The lowest BCUT2D eigenvalue weighted by Gasteiger charge is -2.13. The second-order valence-electron chi connectivity index (χ2n) is 8.13. The molecule has 2 bridgehead atoms. The van der Waals surface area contributed by atoms with E-state index in [-0.39, 0.29) is 53.5 Å². The number of carbonyl (C=O) groups excluding carboxylic acids is 2. The summed E-state index contributed by atoms with van der Waals surface area (Å²) in [4.78, 5) is 36.4. The highest BCUT2D eigenvalue weighted by Gasteiger charge is 2.59. The van der Waals surface area contributed by atoms with Gasteiger partial charge < -0.3 is 4.74 Å². The van der Waals surface area contributed by atoms with Crippen molar-refractivity contribution in [2.75, 3.05) is 0 Å². The monoisotopic (exact) mass is 495 g/mol. The highest BCUT2D eigenvalue weighted by molar-refractivity contribution is 9.10. The van der Waals surface area contributed by atoms with Crippen LogP contribution in [0.1, 0.15) is 17.5 Å². The molecule has 5 rings (SSSR count). The molecule has 4 atom stereocenters. The highest BCUT2D eigenvalue weighted by Crippen LogP contribution is 2.52. The third-order valence-corrected chi connectivity index (χ3v) is 6.79. The van der Waals surface area contributed by atoms with Crippen molar-refractivity contribution in [2.45, 2.75) is 13.0 Å². The summed E-state index contributed by atoms with van der Waals surface area (Å²) in [6.07, 6.45) is 6.18. The van der Waals surface area contributed by atoms with Crippen LogP contribution in [0.5, 0.6) is 5.75 Å². The van der Waals surface area contributed by atoms with Gasteiger partial charge in [0.25, 0.3) is 11.8 Å². The summed E-state index contributed by atoms with van der Waals surface area (Å²) in [6.45, 7) is 0.178. The van der Waals surface area contributed by atoms with Crippen molar-refractivity contribution < 1.29 is 19.2 Å². The van der Waals surface area contributed by atoms with Gasteiger partial charge in [0.05, 0.1) is 23.0 Å². The summed E-state index contributed by atoms with van der Waals surface area (Å²) in [5.41, 5.74) is 1.05. The van der Waals surface area contributed by atoms with Crippen LogP contribution in [0, 0.1) is 33.8 Å². The van der Waals surface area contributed by atoms with Gasteiger partial charge >= 0.3 is 5.69 Å². The Morgan fingerprint density at radius 2 is 1.75 bits per heavy atom. The number of nitro benzene ring substituents is 1. The van der Waals surface area contributed by atoms with Crippen molar-refractivity contribution >= 4 is 39.6 Å². The van der Waals surface area contributed by atoms with E-state index in [2.05, 4.69) is 21.0 Å². The van der Waals surface area contributed by atoms with Crippen molar-refractivity contribution in [3.63, 3.8) is 0 Å². The van der Waals surface area contributed by atoms with E-state index < -0.39 is 4.92 Å². The van der Waals surface area contributed by atoms with E-state index in [1.54, 1.807) is 6.07 Å². The molecule has 2 aromatic carbocycles. The van der Waals surface area contributed by atoms with Gasteiger partial charge in [-0.2, -0.15) is 10.1 Å². The van der Waals surface area contributed by atoms with Crippen molar-refractivity contribution in [3.05, 3.63) is 80.3 Å². The number of amides is 2. The third kappa shape index (κ3) is 3.52. The van der Waals surface area contributed by atoms with Gasteiger partial charge in [0.15, 0.2) is 5.75 Å². The van der Waals surface area contributed by atoms with E-state index in [1.807, 2.05) is 36.4 Å². The van der Waals surface area contributed by atoms with Crippen LogP contribution in [0.2, 0.25) is 0 Å². The molecule has 2 aromatic rings. The van der Waals surface area contributed by atoms with Crippen molar-refractivity contribution in [1.82, 2.24) is 5.01 Å². The van der Waals surface area contributed by atoms with Crippen LogP contribution in [0.15, 0.2) is 64.2 Å². The van der Waals surface area contributed by atoms with Gasteiger partial charge in [-0.25, -0.2) is 0 Å². The molecule has 3 aliphatic rings. The van der Waals surface area contributed by atoms with Crippen LogP contribution in [-0.4, -0.2) is 28.0 Å². The fourth-order valence-corrected chi connectivity index (χ4v) is 5.01. The zero-order valence-corrected chi connectivity index (χ0v) is 18.3. The molecule has 1 saturated carbocycles. The second-order valence-corrected chi connectivity index (χ2v) is 9.05. The summed E-state index contributed by atoms with van der Waals surface area (Å²) in [6, 6.07) is 11.9. The van der Waals surface area contributed by atoms with Crippen molar-refractivity contribution in [2.24, 2.45) is 28.8 Å². The number of halogens is 1. The Morgan fingerprint density at radius 1 is 1.09 bits per heavy atom. The number of allylic oxidation sites excluding steroid dienone is 2. The van der Waals surface area contributed by atoms with E-state index in [1.165, 1.54) is 18.3 Å². The van der Waals surface area contributed by atoms with E-state index in [0.717, 1.165) is 21.5 Å². The Hall–Kier alpha value is -3.33. The number of ether oxygens (including phenoxy) is 1. The van der Waals surface area contributed by atoms with Gasteiger partial charge in [-0.3, -0.25) is 19.7 Å². The Morgan fingerprint density at radius 3 is 2.38 bits per heavy atom. The first-order valence-corrected chi connectivity index (χ1v) is 11.0. The van der Waals surface area contributed by atoms with Gasteiger partial charge in [-0.1, -0.05) is 40.2 Å². The number of nitrogens with zero attached hydrogens (tertiary/aromatic N) is 3. The first-order chi connectivity index (χ1) is 15.4. The molecule has 0 N–H and O–H groups in total. The van der Waals surface area contributed by atoms with Crippen LogP contribution in [-0.2, 0) is 16.2 Å². The van der Waals surface area contributed by atoms with Crippen molar-refractivity contribution in [3.8, 4) is 5.75 Å². The number of hydrazone groups is 1. The SMILES string of the molecule is O=C1C2C3C=CC(C3)C2C(=O)N1N=Cc1ccc(OCc2ccc(Br)cc2)c([N+](=O)[O-])c1. The molecule has 8 nitrogen and oxygen atoms in total. The quantitative estimate of drug-likeness (QED) is 0.197. The van der Waals surface area contributed by atoms with Crippen molar-refractivity contribution in [1.29, 1.82) is 0 Å². The number of fused-ring (bicyclic) bond motifs is 5. The molecule has 1 aliphatic heterocycles. The molecule has 2 fully saturated rings. The van der Waals surface area contributed by atoms with E-state index in [4.69, 9.17) is 4.74 Å². The number of nitro groups is 1. The summed E-state index contributed by atoms with van der Waals surface area (Å²) in [7, 11) is 0. The third-order valence-electron chi connectivity index (χ3n) is 6.26. The second kappa shape index (κ2) is 7.98. The first-order valence-electron chi connectivity index (χ1n) is 10.2. The average Bonchev–Trinajstić information content (AvgIpc) is 3.46. The standard InChI is InChI=1S/C23H18BrN3O5/c24-17-6-1-13(2-7-17)12-32-19-8-3-14(9-18(19)27(30)31)11-25-26-22(28)20-15-4-5-16(10-15)21(20)23(26)29/h1-9,11,15-16,20-21H,10,12H2. The molecule has 0 spiro atoms. The van der Waals surface area contributed by atoms with Crippen LogP contribution >= 0.6 is 15.9 Å². The highest BCUT2D eigenvalue weighted by atomic mass is 79.9. The number of imide groups is 1. The predicted octanol–water partition coefficient (Wildman–Crippen LogP) is 4.08. The lowest BCUT2D eigenvalue weighted by molar-refractivity contribution is -0.385. The van der Waals surface area contributed by atoms with Gasteiger partial charge in [-0.05, 0) is 48.1 Å². The summed E-state index contributed by atoms with van der Waals surface area (Å²) >= 11 is 3.36. The van der Waals surface area contributed by atoms with Gasteiger partial charge in [-0.15, -0.1) is 0 Å². The molecule has 162 valence electrons. The fraction of sp³-hybridized carbons (Fsp3) is 0.261. The molecule has 9 heteroatoms. The molecule has 32 heavy (non-hydrogen) atoms. The molecule has 4 unspecified atom stereocenters. The lowest BCUT2D eigenvalue weighted by Crippen LogP contribution is -2.28. The zero-order chi connectivity index (χ0) is 22.4. The Bertz CT molecular complexity index is 1150. The normalized spacial score (nSPS) is 25.7. The first kappa shape index (κ1) is 20.6. The van der Waals surface area contributed by atoms with Crippen LogP contribution in [0.25, 0.3) is 0 Å². The molecule has 2 amide bonds. The van der Waals surface area contributed by atoms with E-state index in [0.29, 0.717) is 5.56 Å². The molecule has 1 heterocycles.